The van der Waals surface area contributed by atoms with Crippen molar-refractivity contribution in [1.82, 2.24) is 10.2 Å². The maximum atomic E-state index is 14.1. The van der Waals surface area contributed by atoms with Crippen LogP contribution in [0, 0.1) is 5.41 Å². The molecule has 0 saturated carbocycles. The number of rotatable bonds is 4. The fourth-order valence-electron chi connectivity index (χ4n) is 5.10. The summed E-state index contributed by atoms with van der Waals surface area (Å²) in [6.07, 6.45) is 16.6. The Morgan fingerprint density at radius 1 is 1.26 bits per heavy atom. The first-order valence-electron chi connectivity index (χ1n) is 12.0. The zero-order valence-corrected chi connectivity index (χ0v) is 20.7. The fraction of sp³-hybridized carbons (Fsp3) is 0.444. The number of likely N-dealkylation sites (tertiary alicyclic amines) is 1. The van der Waals surface area contributed by atoms with E-state index in [1.807, 2.05) is 37.0 Å². The van der Waals surface area contributed by atoms with Crippen LogP contribution in [-0.4, -0.2) is 49.9 Å². The first-order chi connectivity index (χ1) is 16.6. The van der Waals surface area contributed by atoms with Crippen LogP contribution in [0.2, 0.25) is 0 Å². The summed E-state index contributed by atoms with van der Waals surface area (Å²) >= 11 is 6.20. The smallest absolute Gasteiger partial charge is 0.240 e. The minimum absolute atomic E-state index is 0.0172. The third-order valence-electron chi connectivity index (χ3n) is 6.69. The molecular weight excluding hydrogens is 452 g/mol. The molecular formula is C27H33ClN2O4. The van der Waals surface area contributed by atoms with Gasteiger partial charge in [-0.1, -0.05) is 56.3 Å². The lowest BCUT2D eigenvalue weighted by Crippen LogP contribution is -2.40. The van der Waals surface area contributed by atoms with Gasteiger partial charge in [-0.3, -0.25) is 4.79 Å². The molecule has 1 amide bonds. The van der Waals surface area contributed by atoms with Gasteiger partial charge in [0.1, 0.15) is 5.41 Å². The van der Waals surface area contributed by atoms with E-state index in [9.17, 15) is 4.79 Å². The molecule has 0 aromatic rings. The Kier molecular flexibility index (Phi) is 7.69. The number of carbonyl (C=O) groups is 1. The Hall–Kier alpha value is -2.70. The van der Waals surface area contributed by atoms with Crippen LogP contribution in [0.5, 0.6) is 0 Å². The molecule has 1 aliphatic carbocycles. The lowest BCUT2D eigenvalue weighted by atomic mass is 9.74. The highest BCUT2D eigenvalue weighted by Gasteiger charge is 2.59. The molecule has 5 rings (SSSR count). The number of carbonyl (C=O) groups excluding carboxylic acids is 1. The van der Waals surface area contributed by atoms with E-state index in [0.717, 1.165) is 30.4 Å². The Morgan fingerprint density at radius 3 is 2.88 bits per heavy atom. The van der Waals surface area contributed by atoms with Crippen LogP contribution in [0.1, 0.15) is 33.1 Å². The number of hydrogen-bond acceptors (Lipinski definition) is 5. The molecule has 6 nitrogen and oxygen atoms in total. The molecule has 2 unspecified atom stereocenters. The maximum Gasteiger partial charge on any atom is 0.240 e. The number of fused-ring (bicyclic) bond motifs is 2. The average molecular weight is 485 g/mol. The molecule has 4 heterocycles. The predicted molar refractivity (Wildman–Crippen MR) is 134 cm³/mol. The summed E-state index contributed by atoms with van der Waals surface area (Å²) in [7, 11) is 0. The molecule has 0 aromatic heterocycles. The van der Waals surface area contributed by atoms with Crippen molar-refractivity contribution in [3.8, 4) is 0 Å². The third-order valence-corrected chi connectivity index (χ3v) is 6.98. The Balaban J connectivity index is 0.00000133. The van der Waals surface area contributed by atoms with Gasteiger partial charge in [-0.2, -0.15) is 0 Å². The van der Waals surface area contributed by atoms with Crippen molar-refractivity contribution < 1.29 is 19.0 Å². The topological polar surface area (TPSA) is 60.0 Å². The van der Waals surface area contributed by atoms with Crippen LogP contribution in [0.15, 0.2) is 82.5 Å². The first kappa shape index (κ1) is 24.4. The van der Waals surface area contributed by atoms with Crippen molar-refractivity contribution >= 4 is 17.5 Å². The molecule has 1 spiro atoms. The van der Waals surface area contributed by atoms with E-state index in [4.69, 9.17) is 25.8 Å². The van der Waals surface area contributed by atoms with Crippen molar-refractivity contribution in [3.05, 3.63) is 82.5 Å². The lowest BCUT2D eigenvalue weighted by Gasteiger charge is -2.27. The van der Waals surface area contributed by atoms with Gasteiger partial charge >= 0.3 is 0 Å². The second kappa shape index (κ2) is 10.7. The van der Waals surface area contributed by atoms with Gasteiger partial charge in [0, 0.05) is 13.1 Å². The SMILES string of the molecule is C=CC1=C(/C=C2\COCC23C(=O)N(C/C2=C/CC/C=C(/Cl)NC2)C2CC=CC=C23)OCO1.CC. The Labute approximate surface area is 206 Å². The highest BCUT2D eigenvalue weighted by Crippen LogP contribution is 2.52. The quantitative estimate of drug-likeness (QED) is 0.457. The van der Waals surface area contributed by atoms with Gasteiger partial charge in [-0.15, -0.1) is 0 Å². The highest BCUT2D eigenvalue weighted by atomic mass is 35.5. The molecule has 7 heteroatoms. The van der Waals surface area contributed by atoms with Gasteiger partial charge < -0.3 is 24.4 Å². The van der Waals surface area contributed by atoms with Gasteiger partial charge in [0.2, 0.25) is 12.7 Å². The van der Waals surface area contributed by atoms with E-state index in [1.165, 1.54) is 5.57 Å². The van der Waals surface area contributed by atoms with E-state index in [1.54, 1.807) is 6.08 Å². The average Bonchev–Trinajstić information content (AvgIpc) is 3.55. The van der Waals surface area contributed by atoms with E-state index in [2.05, 4.69) is 30.1 Å². The van der Waals surface area contributed by atoms with E-state index >= 15 is 0 Å². The summed E-state index contributed by atoms with van der Waals surface area (Å²) in [4.78, 5) is 16.1. The largest absolute Gasteiger partial charge is 0.454 e. The molecule has 4 aliphatic heterocycles. The van der Waals surface area contributed by atoms with Gasteiger partial charge in [-0.25, -0.2) is 0 Å². The van der Waals surface area contributed by atoms with Crippen molar-refractivity contribution in [2.75, 3.05) is 33.1 Å². The number of amides is 1. The fourth-order valence-corrected chi connectivity index (χ4v) is 5.28. The van der Waals surface area contributed by atoms with Crippen LogP contribution in [0.3, 0.4) is 0 Å². The van der Waals surface area contributed by atoms with Crippen LogP contribution in [-0.2, 0) is 19.0 Å². The monoisotopic (exact) mass is 484 g/mol. The summed E-state index contributed by atoms with van der Waals surface area (Å²) in [6.45, 7) is 9.87. The van der Waals surface area contributed by atoms with Crippen LogP contribution in [0.4, 0.5) is 0 Å². The number of nitrogens with zero attached hydrogens (tertiary/aromatic N) is 1. The molecule has 2 atom stereocenters. The molecule has 0 radical (unpaired) electrons. The summed E-state index contributed by atoms with van der Waals surface area (Å²) in [5.41, 5.74) is 2.38. The first-order valence-corrected chi connectivity index (χ1v) is 12.4. The Bertz CT molecular complexity index is 1020. The molecule has 0 aromatic carbocycles. The van der Waals surface area contributed by atoms with E-state index in [0.29, 0.717) is 43.0 Å². The molecule has 2 saturated heterocycles. The number of hydrogen-bond donors (Lipinski definition) is 1. The van der Waals surface area contributed by atoms with E-state index in [-0.39, 0.29) is 18.7 Å². The molecule has 1 N–H and O–H groups in total. The van der Waals surface area contributed by atoms with Gasteiger partial charge in [-0.05, 0) is 54.2 Å². The number of halogens is 1. The van der Waals surface area contributed by atoms with Gasteiger partial charge in [0.25, 0.3) is 0 Å². The summed E-state index contributed by atoms with van der Waals surface area (Å²) in [5.74, 6) is 1.28. The Morgan fingerprint density at radius 2 is 2.06 bits per heavy atom. The summed E-state index contributed by atoms with van der Waals surface area (Å²) < 4.78 is 17.0. The summed E-state index contributed by atoms with van der Waals surface area (Å²) in [5, 5.41) is 3.90. The van der Waals surface area contributed by atoms with Crippen molar-refractivity contribution in [2.24, 2.45) is 5.41 Å². The zero-order valence-electron chi connectivity index (χ0n) is 19.9. The molecule has 0 bridgehead atoms. The molecule has 34 heavy (non-hydrogen) atoms. The maximum absolute atomic E-state index is 14.1. The number of ether oxygens (including phenoxy) is 3. The highest BCUT2D eigenvalue weighted by molar-refractivity contribution is 6.29. The van der Waals surface area contributed by atoms with Gasteiger partial charge in [0.05, 0.1) is 24.4 Å². The van der Waals surface area contributed by atoms with Crippen molar-refractivity contribution in [3.63, 3.8) is 0 Å². The van der Waals surface area contributed by atoms with E-state index < -0.39 is 5.41 Å². The minimum atomic E-state index is -0.798. The summed E-state index contributed by atoms with van der Waals surface area (Å²) in [6, 6.07) is 0.0172. The third kappa shape index (κ3) is 4.37. The lowest BCUT2D eigenvalue weighted by molar-refractivity contribution is -0.134. The molecule has 182 valence electrons. The van der Waals surface area contributed by atoms with Crippen molar-refractivity contribution in [2.45, 2.75) is 39.2 Å². The van der Waals surface area contributed by atoms with Gasteiger partial charge in [0.15, 0.2) is 11.5 Å². The standard InChI is InChI=1S/C25H27ClN2O4.C2H6/c1-2-21-22(32-16-31-21)11-18-14-30-15-25(18)19-8-4-5-9-20(19)28(24(25)29)13-17-7-3-6-10-23(26)27-12-17;1-2/h2,4-5,7-8,10-11,20,27H,1,3,6,9,12-16H2;1-2H3/b17-7+,18-11+,23-10-;. The predicted octanol–water partition coefficient (Wildman–Crippen LogP) is 4.84. The number of allylic oxidation sites excluding steroid dienone is 6. The zero-order chi connectivity index (χ0) is 24.1. The van der Waals surface area contributed by atoms with Crippen LogP contribution in [0.25, 0.3) is 0 Å². The second-order valence-corrected chi connectivity index (χ2v) is 8.89. The minimum Gasteiger partial charge on any atom is -0.454 e. The van der Waals surface area contributed by atoms with Crippen LogP contribution >= 0.6 is 11.6 Å². The van der Waals surface area contributed by atoms with Crippen LogP contribution < -0.4 is 5.32 Å². The van der Waals surface area contributed by atoms with Crippen molar-refractivity contribution in [1.29, 1.82) is 0 Å². The molecule has 5 aliphatic rings. The normalized spacial score (nSPS) is 32.3. The second-order valence-electron chi connectivity index (χ2n) is 8.49. The molecule has 2 fully saturated rings. The number of nitrogens with one attached hydrogen (secondary N) is 1.